The number of hydrogen-bond acceptors (Lipinski definition) is 4. The van der Waals surface area contributed by atoms with Gasteiger partial charge in [0.2, 0.25) is 0 Å². The third-order valence-corrected chi connectivity index (χ3v) is 5.38. The summed E-state index contributed by atoms with van der Waals surface area (Å²) in [4.78, 5) is 14.7. The molecule has 1 atom stereocenters. The third-order valence-electron chi connectivity index (χ3n) is 5.38. The lowest BCUT2D eigenvalue weighted by atomic mass is 9.96. The Morgan fingerprint density at radius 2 is 2.04 bits per heavy atom. The fourth-order valence-corrected chi connectivity index (χ4v) is 4.08. The first kappa shape index (κ1) is 16.1. The highest BCUT2D eigenvalue weighted by molar-refractivity contribution is 5.88. The summed E-state index contributed by atoms with van der Waals surface area (Å²) in [5.74, 6) is 1.63. The molecule has 134 valence electrons. The van der Waals surface area contributed by atoms with E-state index in [2.05, 4.69) is 20.6 Å². The monoisotopic (exact) mass is 343 g/mol. The molecule has 0 bridgehead atoms. The van der Waals surface area contributed by atoms with Crippen molar-refractivity contribution in [2.75, 3.05) is 11.9 Å². The predicted molar refractivity (Wildman–Crippen MR) is 93.1 cm³/mol. The molecule has 8 heteroatoms. The summed E-state index contributed by atoms with van der Waals surface area (Å²) < 4.78 is 3.88. The Morgan fingerprint density at radius 3 is 2.80 bits per heavy atom. The molecule has 2 aliphatic rings. The summed E-state index contributed by atoms with van der Waals surface area (Å²) in [6.45, 7) is 0.737. The first-order chi connectivity index (χ1) is 12.2. The van der Waals surface area contributed by atoms with Crippen LogP contribution >= 0.6 is 0 Å². The van der Waals surface area contributed by atoms with E-state index < -0.39 is 0 Å². The minimum absolute atomic E-state index is 0.0152. The van der Waals surface area contributed by atoms with Gasteiger partial charge in [-0.15, -0.1) is 10.2 Å². The maximum atomic E-state index is 12.9. The van der Waals surface area contributed by atoms with E-state index in [0.29, 0.717) is 6.04 Å². The predicted octanol–water partition coefficient (Wildman–Crippen LogP) is 2.89. The number of aromatic nitrogens is 5. The summed E-state index contributed by atoms with van der Waals surface area (Å²) in [5.41, 5.74) is 0. The Morgan fingerprint density at radius 1 is 1.20 bits per heavy atom. The molecule has 0 unspecified atom stereocenters. The Hall–Kier alpha value is -2.38. The first-order valence-electron chi connectivity index (χ1n) is 9.19. The Balaban J connectivity index is 1.49. The second-order valence-electron chi connectivity index (χ2n) is 7.03. The number of amides is 2. The Labute approximate surface area is 147 Å². The Bertz CT molecular complexity index is 731. The van der Waals surface area contributed by atoms with Gasteiger partial charge in [-0.25, -0.2) is 9.48 Å². The number of likely N-dealkylation sites (tertiary alicyclic amines) is 1. The van der Waals surface area contributed by atoms with E-state index in [4.69, 9.17) is 0 Å². The van der Waals surface area contributed by atoms with Gasteiger partial charge < -0.3 is 9.47 Å². The number of carbonyl (C=O) groups is 1. The van der Waals surface area contributed by atoms with E-state index >= 15 is 0 Å². The Kier molecular flexibility index (Phi) is 4.42. The van der Waals surface area contributed by atoms with Crippen molar-refractivity contribution in [1.29, 1.82) is 0 Å². The van der Waals surface area contributed by atoms with Gasteiger partial charge in [0.25, 0.3) is 0 Å². The minimum atomic E-state index is -0.0805. The van der Waals surface area contributed by atoms with Crippen molar-refractivity contribution in [3.05, 3.63) is 24.4 Å². The molecule has 2 aromatic rings. The molecule has 1 N–H and O–H groups in total. The van der Waals surface area contributed by atoms with E-state index in [9.17, 15) is 4.79 Å². The number of nitrogens with one attached hydrogen (secondary N) is 1. The van der Waals surface area contributed by atoms with Crippen LogP contribution in [0.4, 0.5) is 10.6 Å². The van der Waals surface area contributed by atoms with Crippen LogP contribution < -0.4 is 5.32 Å². The summed E-state index contributed by atoms with van der Waals surface area (Å²) in [7, 11) is 1.92. The van der Waals surface area contributed by atoms with Crippen LogP contribution in [0, 0.1) is 0 Å². The molecule has 1 aliphatic heterocycles. The van der Waals surface area contributed by atoms with Gasteiger partial charge in [-0.3, -0.25) is 5.32 Å². The van der Waals surface area contributed by atoms with Crippen molar-refractivity contribution < 1.29 is 4.79 Å². The minimum Gasteiger partial charge on any atom is -0.319 e. The summed E-state index contributed by atoms with van der Waals surface area (Å²) in [5, 5.41) is 15.7. The van der Waals surface area contributed by atoms with Crippen molar-refractivity contribution in [3.8, 4) is 0 Å². The van der Waals surface area contributed by atoms with Crippen molar-refractivity contribution in [3.63, 3.8) is 0 Å². The highest BCUT2D eigenvalue weighted by atomic mass is 16.2. The molecule has 0 spiro atoms. The van der Waals surface area contributed by atoms with Gasteiger partial charge in [0.05, 0.1) is 18.3 Å². The van der Waals surface area contributed by atoms with E-state index in [1.807, 2.05) is 27.3 Å². The summed E-state index contributed by atoms with van der Waals surface area (Å²) in [6.07, 6.45) is 11.4. The zero-order valence-electron chi connectivity index (χ0n) is 14.6. The molecule has 8 nitrogen and oxygen atoms in total. The fourth-order valence-electron chi connectivity index (χ4n) is 4.08. The van der Waals surface area contributed by atoms with Crippen molar-refractivity contribution in [2.24, 2.45) is 7.05 Å². The van der Waals surface area contributed by atoms with E-state index in [1.165, 1.54) is 19.3 Å². The lowest BCUT2D eigenvalue weighted by Gasteiger charge is -2.26. The number of rotatable bonds is 3. The van der Waals surface area contributed by atoms with Gasteiger partial charge in [-0.1, -0.05) is 19.3 Å². The topological polar surface area (TPSA) is 80.9 Å². The van der Waals surface area contributed by atoms with Crippen molar-refractivity contribution >= 4 is 11.8 Å². The van der Waals surface area contributed by atoms with Gasteiger partial charge in [0.1, 0.15) is 12.1 Å². The van der Waals surface area contributed by atoms with Crippen molar-refractivity contribution in [1.82, 2.24) is 29.4 Å². The maximum absolute atomic E-state index is 12.9. The van der Waals surface area contributed by atoms with Gasteiger partial charge in [0, 0.05) is 19.7 Å². The first-order valence-corrected chi connectivity index (χ1v) is 9.19. The van der Waals surface area contributed by atoms with E-state index in [-0.39, 0.29) is 12.1 Å². The SMILES string of the molecule is Cn1cnnc1[C@@H]1CCCN1C(=O)Nc1ccnn1C1CCCCC1. The third kappa shape index (κ3) is 3.12. The zero-order chi connectivity index (χ0) is 17.2. The van der Waals surface area contributed by atoms with Crippen LogP contribution in [0.2, 0.25) is 0 Å². The van der Waals surface area contributed by atoms with Crippen LogP contribution in [0.3, 0.4) is 0 Å². The summed E-state index contributed by atoms with van der Waals surface area (Å²) in [6, 6.07) is 2.19. The average Bonchev–Trinajstić information content (AvgIpc) is 3.35. The van der Waals surface area contributed by atoms with Crippen LogP contribution in [0.1, 0.15) is 62.9 Å². The van der Waals surface area contributed by atoms with E-state index in [1.54, 1.807) is 12.5 Å². The molecule has 4 rings (SSSR count). The molecule has 1 saturated heterocycles. The van der Waals surface area contributed by atoms with Gasteiger partial charge in [0.15, 0.2) is 5.82 Å². The number of carbonyl (C=O) groups excluding carboxylic acids is 1. The molecule has 0 radical (unpaired) electrons. The van der Waals surface area contributed by atoms with Gasteiger partial charge in [-0.2, -0.15) is 5.10 Å². The second kappa shape index (κ2) is 6.85. The van der Waals surface area contributed by atoms with Gasteiger partial charge >= 0.3 is 6.03 Å². The van der Waals surface area contributed by atoms with Crippen LogP contribution in [0.15, 0.2) is 18.6 Å². The van der Waals surface area contributed by atoms with Gasteiger partial charge in [-0.05, 0) is 25.7 Å². The molecular weight excluding hydrogens is 318 g/mol. The second-order valence-corrected chi connectivity index (χ2v) is 7.03. The van der Waals surface area contributed by atoms with Crippen LogP contribution in [0.5, 0.6) is 0 Å². The lowest BCUT2D eigenvalue weighted by Crippen LogP contribution is -2.36. The standard InChI is InChI=1S/C17H25N7O/c1-22-12-18-21-16(22)14-8-5-11-23(14)17(25)20-15-9-10-19-24(15)13-6-3-2-4-7-13/h9-10,12-14H,2-8,11H2,1H3,(H,20,25)/t14-/m0/s1. The average molecular weight is 343 g/mol. The maximum Gasteiger partial charge on any atom is 0.323 e. The molecular formula is C17H25N7O. The van der Waals surface area contributed by atoms with Crippen LogP contribution in [0.25, 0.3) is 0 Å². The molecule has 2 fully saturated rings. The molecule has 1 aliphatic carbocycles. The molecule has 3 heterocycles. The number of nitrogens with zero attached hydrogens (tertiary/aromatic N) is 6. The van der Waals surface area contributed by atoms with Crippen molar-refractivity contribution in [2.45, 2.75) is 57.0 Å². The number of anilines is 1. The molecule has 0 aromatic carbocycles. The lowest BCUT2D eigenvalue weighted by molar-refractivity contribution is 0.203. The molecule has 1 saturated carbocycles. The molecule has 2 aromatic heterocycles. The molecule has 25 heavy (non-hydrogen) atoms. The fraction of sp³-hybridized carbons (Fsp3) is 0.647. The van der Waals surface area contributed by atoms with Crippen LogP contribution in [-0.4, -0.2) is 42.0 Å². The van der Waals surface area contributed by atoms with E-state index in [0.717, 1.165) is 43.9 Å². The van der Waals surface area contributed by atoms with Crippen LogP contribution in [-0.2, 0) is 7.05 Å². The molecule has 2 amide bonds. The number of hydrogen-bond donors (Lipinski definition) is 1. The smallest absolute Gasteiger partial charge is 0.319 e. The quantitative estimate of drug-likeness (QED) is 0.929. The highest BCUT2D eigenvalue weighted by Crippen LogP contribution is 2.32. The number of aryl methyl sites for hydroxylation is 1. The zero-order valence-corrected chi connectivity index (χ0v) is 14.6. The summed E-state index contributed by atoms with van der Waals surface area (Å²) >= 11 is 0. The largest absolute Gasteiger partial charge is 0.323 e. The highest BCUT2D eigenvalue weighted by Gasteiger charge is 2.33. The normalized spacial score (nSPS) is 21.6. The number of urea groups is 1.